The molecule has 0 heterocycles. The van der Waals surface area contributed by atoms with Gasteiger partial charge in [0, 0.05) is 0 Å². The van der Waals surface area contributed by atoms with E-state index in [9.17, 15) is 14.7 Å². The summed E-state index contributed by atoms with van der Waals surface area (Å²) in [7, 11) is 0. The van der Waals surface area contributed by atoms with E-state index in [1.807, 2.05) is 13.8 Å². The van der Waals surface area contributed by atoms with E-state index in [1.54, 1.807) is 30.3 Å². The Morgan fingerprint density at radius 3 is 2.37 bits per heavy atom. The third-order valence-corrected chi connectivity index (χ3v) is 3.23. The number of benzene rings is 1. The lowest BCUT2D eigenvalue weighted by atomic mass is 9.98. The molecule has 0 bridgehead atoms. The van der Waals surface area contributed by atoms with Gasteiger partial charge in [-0.3, -0.25) is 4.79 Å². The van der Waals surface area contributed by atoms with Gasteiger partial charge in [-0.05, 0) is 11.5 Å². The monoisotopic (exact) mass is 264 g/mol. The Morgan fingerprint density at radius 2 is 1.89 bits per heavy atom. The number of carboxylic acids is 1. The number of hydrogen-bond acceptors (Lipinski definition) is 3. The van der Waals surface area contributed by atoms with Crippen molar-refractivity contribution in [2.45, 2.75) is 32.4 Å². The summed E-state index contributed by atoms with van der Waals surface area (Å²) >= 11 is 0. The van der Waals surface area contributed by atoms with Crippen LogP contribution in [-0.2, 0) is 9.59 Å². The molecule has 104 valence electrons. The van der Waals surface area contributed by atoms with Crippen LogP contribution in [0.2, 0.25) is 0 Å². The molecule has 0 saturated carbocycles. The number of hydrogen-bond donors (Lipinski definition) is 3. The van der Waals surface area contributed by atoms with Crippen LogP contribution in [0.1, 0.15) is 31.9 Å². The molecule has 0 aliphatic carbocycles. The molecule has 0 fully saturated rings. The fourth-order valence-corrected chi connectivity index (χ4v) is 1.68. The fraction of sp³-hybridized carbons (Fsp3) is 0.429. The van der Waals surface area contributed by atoms with E-state index in [4.69, 9.17) is 5.73 Å². The van der Waals surface area contributed by atoms with Crippen molar-refractivity contribution < 1.29 is 14.7 Å². The minimum Gasteiger partial charge on any atom is -0.479 e. The molecule has 5 nitrogen and oxygen atoms in total. The zero-order chi connectivity index (χ0) is 14.4. The largest absolute Gasteiger partial charge is 0.479 e. The molecule has 0 radical (unpaired) electrons. The Morgan fingerprint density at radius 1 is 1.32 bits per heavy atom. The van der Waals surface area contributed by atoms with E-state index < -0.39 is 24.0 Å². The highest BCUT2D eigenvalue weighted by molar-refractivity contribution is 5.87. The number of rotatable bonds is 6. The van der Waals surface area contributed by atoms with Crippen molar-refractivity contribution in [1.29, 1.82) is 0 Å². The van der Waals surface area contributed by atoms with Crippen molar-refractivity contribution in [2.75, 3.05) is 0 Å². The molecule has 1 aromatic carbocycles. The van der Waals surface area contributed by atoms with Crippen LogP contribution in [-0.4, -0.2) is 23.0 Å². The molecule has 5 heteroatoms. The Kier molecular flexibility index (Phi) is 5.51. The van der Waals surface area contributed by atoms with E-state index in [1.165, 1.54) is 0 Å². The van der Waals surface area contributed by atoms with Gasteiger partial charge in [-0.15, -0.1) is 0 Å². The lowest BCUT2D eigenvalue weighted by Crippen LogP contribution is -2.47. The van der Waals surface area contributed by atoms with Gasteiger partial charge in [-0.25, -0.2) is 4.79 Å². The average molecular weight is 264 g/mol. The average Bonchev–Trinajstić information content (AvgIpc) is 2.43. The van der Waals surface area contributed by atoms with E-state index in [-0.39, 0.29) is 5.92 Å². The second-order valence-electron chi connectivity index (χ2n) is 4.60. The van der Waals surface area contributed by atoms with Crippen LogP contribution in [0.25, 0.3) is 0 Å². The molecular formula is C14H20N2O3. The highest BCUT2D eigenvalue weighted by Crippen LogP contribution is 2.14. The van der Waals surface area contributed by atoms with Crippen molar-refractivity contribution in [3.8, 4) is 0 Å². The lowest BCUT2D eigenvalue weighted by Gasteiger charge is -2.21. The van der Waals surface area contributed by atoms with Crippen LogP contribution in [0, 0.1) is 5.92 Å². The van der Waals surface area contributed by atoms with Crippen LogP contribution in [0.15, 0.2) is 30.3 Å². The van der Waals surface area contributed by atoms with Gasteiger partial charge in [-0.1, -0.05) is 50.6 Å². The maximum absolute atomic E-state index is 11.9. The summed E-state index contributed by atoms with van der Waals surface area (Å²) in [6, 6.07) is 6.80. The summed E-state index contributed by atoms with van der Waals surface area (Å²) in [6.45, 7) is 3.80. The first-order valence-corrected chi connectivity index (χ1v) is 6.31. The summed E-state index contributed by atoms with van der Waals surface area (Å²) in [5, 5.41) is 11.7. The van der Waals surface area contributed by atoms with Crippen LogP contribution in [0.3, 0.4) is 0 Å². The maximum Gasteiger partial charge on any atom is 0.330 e. The van der Waals surface area contributed by atoms with Crippen molar-refractivity contribution in [3.63, 3.8) is 0 Å². The first-order valence-electron chi connectivity index (χ1n) is 6.31. The lowest BCUT2D eigenvalue weighted by molar-refractivity contribution is -0.142. The van der Waals surface area contributed by atoms with Crippen molar-refractivity contribution in [3.05, 3.63) is 35.9 Å². The summed E-state index contributed by atoms with van der Waals surface area (Å²) in [6.07, 6.45) is 0.762. The Balaban J connectivity index is 2.81. The zero-order valence-electron chi connectivity index (χ0n) is 11.2. The molecule has 1 unspecified atom stereocenters. The molecule has 0 spiro atoms. The van der Waals surface area contributed by atoms with Gasteiger partial charge in [0.05, 0.1) is 6.04 Å². The summed E-state index contributed by atoms with van der Waals surface area (Å²) in [5.41, 5.74) is 6.32. The van der Waals surface area contributed by atoms with Crippen LogP contribution in [0.4, 0.5) is 0 Å². The number of amides is 1. The van der Waals surface area contributed by atoms with Gasteiger partial charge >= 0.3 is 5.97 Å². The third kappa shape index (κ3) is 4.06. The van der Waals surface area contributed by atoms with Crippen LogP contribution >= 0.6 is 0 Å². The van der Waals surface area contributed by atoms with Crippen LogP contribution in [0.5, 0.6) is 0 Å². The molecule has 4 N–H and O–H groups in total. The second kappa shape index (κ2) is 6.89. The normalized spacial score (nSPS) is 15.3. The Labute approximate surface area is 112 Å². The summed E-state index contributed by atoms with van der Waals surface area (Å²) < 4.78 is 0. The topological polar surface area (TPSA) is 92.4 Å². The SMILES string of the molecule is CCC(C)[C@H](N)C(=O)N[C@@H](C(=O)O)c1ccccc1. The molecule has 0 aromatic heterocycles. The molecule has 0 aliphatic rings. The molecule has 0 aliphatic heterocycles. The number of nitrogens with one attached hydrogen (secondary N) is 1. The molecular weight excluding hydrogens is 244 g/mol. The molecule has 1 rings (SSSR count). The molecule has 0 saturated heterocycles. The number of nitrogens with two attached hydrogens (primary N) is 1. The second-order valence-corrected chi connectivity index (χ2v) is 4.60. The molecule has 19 heavy (non-hydrogen) atoms. The minimum atomic E-state index is -1.10. The van der Waals surface area contributed by atoms with Gasteiger partial charge in [0.1, 0.15) is 0 Å². The highest BCUT2D eigenvalue weighted by atomic mass is 16.4. The van der Waals surface area contributed by atoms with E-state index in [2.05, 4.69) is 5.32 Å². The molecule has 3 atom stereocenters. The quantitative estimate of drug-likeness (QED) is 0.722. The van der Waals surface area contributed by atoms with Crippen molar-refractivity contribution in [1.82, 2.24) is 5.32 Å². The maximum atomic E-state index is 11.9. The zero-order valence-corrected chi connectivity index (χ0v) is 11.2. The Bertz CT molecular complexity index is 434. The van der Waals surface area contributed by atoms with E-state index in [0.29, 0.717) is 5.56 Å². The van der Waals surface area contributed by atoms with Crippen molar-refractivity contribution >= 4 is 11.9 Å². The van der Waals surface area contributed by atoms with E-state index >= 15 is 0 Å². The number of carbonyl (C=O) groups is 2. The van der Waals surface area contributed by atoms with Gasteiger partial charge in [0.2, 0.25) is 5.91 Å². The highest BCUT2D eigenvalue weighted by Gasteiger charge is 2.26. The van der Waals surface area contributed by atoms with Crippen molar-refractivity contribution in [2.24, 2.45) is 11.7 Å². The molecule has 1 amide bonds. The van der Waals surface area contributed by atoms with Gasteiger partial charge in [-0.2, -0.15) is 0 Å². The first-order chi connectivity index (χ1) is 8.97. The van der Waals surface area contributed by atoms with Gasteiger partial charge < -0.3 is 16.2 Å². The number of carboxylic acid groups (broad SMARTS) is 1. The van der Waals surface area contributed by atoms with E-state index in [0.717, 1.165) is 6.42 Å². The van der Waals surface area contributed by atoms with Crippen LogP contribution < -0.4 is 11.1 Å². The number of carbonyl (C=O) groups excluding carboxylic acids is 1. The molecule has 1 aromatic rings. The van der Waals surface area contributed by atoms with Gasteiger partial charge in [0.25, 0.3) is 0 Å². The number of aliphatic carboxylic acids is 1. The summed E-state index contributed by atoms with van der Waals surface area (Å²) in [5.74, 6) is -1.54. The third-order valence-electron chi connectivity index (χ3n) is 3.23. The predicted octanol–water partition coefficient (Wildman–Crippen LogP) is 1.30. The predicted molar refractivity (Wildman–Crippen MR) is 72.4 cm³/mol. The Hall–Kier alpha value is -1.88. The van der Waals surface area contributed by atoms with Gasteiger partial charge in [0.15, 0.2) is 6.04 Å². The minimum absolute atomic E-state index is 0.00483. The summed E-state index contributed by atoms with van der Waals surface area (Å²) in [4.78, 5) is 23.2. The fourth-order valence-electron chi connectivity index (χ4n) is 1.68. The first kappa shape index (κ1) is 15.2. The smallest absolute Gasteiger partial charge is 0.330 e. The standard InChI is InChI=1S/C14H20N2O3/c1-3-9(2)11(15)13(17)16-12(14(18)19)10-7-5-4-6-8-10/h4-9,11-12H,3,15H2,1-2H3,(H,16,17)(H,18,19)/t9?,11-,12+/m0/s1.